The van der Waals surface area contributed by atoms with Crippen molar-refractivity contribution >= 4 is 34.2 Å². The fourth-order valence-electron chi connectivity index (χ4n) is 3.89. The Kier molecular flexibility index (Phi) is 6.95. The second-order valence-corrected chi connectivity index (χ2v) is 9.21. The standard InChI is InChI=1S/C24H27NO5S/c1-13(2)15-9-11-16(12-10-15)19-14(3)31-22(20(19)24(29)30-4)25-21(26)17-7-5-6-8-18(17)23(27)28/h5-6,9-13,17-18H,7-8H2,1-4H3,(H,25,26)(H,27,28)/t17-,18+/m0/s1. The fraction of sp³-hybridized carbons (Fsp3) is 0.375. The predicted molar refractivity (Wildman–Crippen MR) is 122 cm³/mol. The van der Waals surface area contributed by atoms with E-state index in [-0.39, 0.29) is 0 Å². The summed E-state index contributed by atoms with van der Waals surface area (Å²) < 4.78 is 5.01. The molecule has 1 heterocycles. The van der Waals surface area contributed by atoms with Crippen LogP contribution in [0.25, 0.3) is 11.1 Å². The molecule has 1 aromatic heterocycles. The largest absolute Gasteiger partial charge is 0.481 e. The molecular formula is C24H27NO5S. The number of carbonyl (C=O) groups excluding carboxylic acids is 2. The van der Waals surface area contributed by atoms with Gasteiger partial charge in [0.15, 0.2) is 0 Å². The third-order valence-electron chi connectivity index (χ3n) is 5.66. The molecule has 6 nitrogen and oxygen atoms in total. The van der Waals surface area contributed by atoms with Gasteiger partial charge in [0, 0.05) is 10.4 Å². The Balaban J connectivity index is 1.98. The quantitative estimate of drug-likeness (QED) is 0.472. The van der Waals surface area contributed by atoms with Crippen molar-refractivity contribution in [3.8, 4) is 11.1 Å². The average molecular weight is 442 g/mol. The Morgan fingerprint density at radius 1 is 1.10 bits per heavy atom. The van der Waals surface area contributed by atoms with E-state index in [0.717, 1.165) is 16.0 Å². The maximum atomic E-state index is 13.0. The summed E-state index contributed by atoms with van der Waals surface area (Å²) in [5.74, 6) is -3.02. The van der Waals surface area contributed by atoms with E-state index in [9.17, 15) is 19.5 Å². The molecule has 2 N–H and O–H groups in total. The van der Waals surface area contributed by atoms with E-state index < -0.39 is 29.7 Å². The number of nitrogens with one attached hydrogen (secondary N) is 1. The van der Waals surface area contributed by atoms with Crippen molar-refractivity contribution in [3.05, 3.63) is 52.4 Å². The summed E-state index contributed by atoms with van der Waals surface area (Å²) in [6.45, 7) is 6.12. The molecule has 1 amide bonds. The summed E-state index contributed by atoms with van der Waals surface area (Å²) in [6, 6.07) is 7.99. The molecule has 2 atom stereocenters. The highest BCUT2D eigenvalue weighted by atomic mass is 32.1. The summed E-state index contributed by atoms with van der Waals surface area (Å²) in [6.07, 6.45) is 4.28. The van der Waals surface area contributed by atoms with Gasteiger partial charge in [-0.3, -0.25) is 9.59 Å². The molecule has 31 heavy (non-hydrogen) atoms. The molecule has 1 aliphatic carbocycles. The first kappa shape index (κ1) is 22.7. The number of benzene rings is 1. The number of rotatable bonds is 6. The van der Waals surface area contributed by atoms with Crippen molar-refractivity contribution < 1.29 is 24.2 Å². The second kappa shape index (κ2) is 9.47. The molecule has 0 radical (unpaired) electrons. The Morgan fingerprint density at radius 2 is 1.71 bits per heavy atom. The van der Waals surface area contributed by atoms with Gasteiger partial charge in [-0.15, -0.1) is 11.3 Å². The lowest BCUT2D eigenvalue weighted by molar-refractivity contribution is -0.146. The molecule has 1 aromatic carbocycles. The van der Waals surface area contributed by atoms with Crippen LogP contribution in [-0.2, 0) is 14.3 Å². The molecule has 0 unspecified atom stereocenters. The molecule has 2 aromatic rings. The van der Waals surface area contributed by atoms with Gasteiger partial charge in [-0.05, 0) is 36.8 Å². The smallest absolute Gasteiger partial charge is 0.341 e. The molecule has 0 spiro atoms. The first-order valence-corrected chi connectivity index (χ1v) is 11.1. The van der Waals surface area contributed by atoms with Crippen LogP contribution in [0, 0.1) is 18.8 Å². The number of carboxylic acid groups (broad SMARTS) is 1. The lowest BCUT2D eigenvalue weighted by Crippen LogP contribution is -2.34. The van der Waals surface area contributed by atoms with Crippen molar-refractivity contribution in [3.63, 3.8) is 0 Å². The van der Waals surface area contributed by atoms with Gasteiger partial charge < -0.3 is 15.2 Å². The number of aryl methyl sites for hydroxylation is 1. The van der Waals surface area contributed by atoms with Gasteiger partial charge in [0.05, 0.1) is 18.9 Å². The summed E-state index contributed by atoms with van der Waals surface area (Å²) in [7, 11) is 1.30. The van der Waals surface area contributed by atoms with Gasteiger partial charge >= 0.3 is 11.9 Å². The van der Waals surface area contributed by atoms with E-state index in [1.165, 1.54) is 24.0 Å². The molecular weight excluding hydrogens is 414 g/mol. The van der Waals surface area contributed by atoms with Crippen LogP contribution >= 0.6 is 11.3 Å². The number of thiophene rings is 1. The Bertz CT molecular complexity index is 1020. The van der Waals surface area contributed by atoms with Crippen LogP contribution in [0.2, 0.25) is 0 Å². The molecule has 0 saturated heterocycles. The van der Waals surface area contributed by atoms with Crippen molar-refractivity contribution in [2.75, 3.05) is 12.4 Å². The number of methoxy groups -OCH3 is 1. The molecule has 1 aliphatic rings. The lowest BCUT2D eigenvalue weighted by atomic mass is 9.82. The number of amides is 1. The third-order valence-corrected chi connectivity index (χ3v) is 6.68. The highest BCUT2D eigenvalue weighted by molar-refractivity contribution is 7.17. The van der Waals surface area contributed by atoms with Gasteiger partial charge in [0.25, 0.3) is 0 Å². The number of hydrogen-bond donors (Lipinski definition) is 2. The second-order valence-electron chi connectivity index (χ2n) is 7.99. The molecule has 0 fully saturated rings. The van der Waals surface area contributed by atoms with E-state index >= 15 is 0 Å². The van der Waals surface area contributed by atoms with Crippen LogP contribution in [-0.4, -0.2) is 30.1 Å². The molecule has 3 rings (SSSR count). The summed E-state index contributed by atoms with van der Waals surface area (Å²) >= 11 is 1.29. The van der Waals surface area contributed by atoms with Gasteiger partial charge in [-0.1, -0.05) is 50.3 Å². The van der Waals surface area contributed by atoms with E-state index in [1.807, 2.05) is 37.3 Å². The molecule has 0 saturated carbocycles. The highest BCUT2D eigenvalue weighted by Crippen LogP contribution is 2.41. The number of ether oxygens (including phenoxy) is 1. The lowest BCUT2D eigenvalue weighted by Gasteiger charge is -2.24. The molecule has 7 heteroatoms. The Hall–Kier alpha value is -2.93. The number of carbonyl (C=O) groups is 3. The van der Waals surface area contributed by atoms with Crippen molar-refractivity contribution in [2.24, 2.45) is 11.8 Å². The van der Waals surface area contributed by atoms with E-state index in [1.54, 1.807) is 6.08 Å². The minimum absolute atomic E-state index is 0.300. The van der Waals surface area contributed by atoms with Crippen LogP contribution in [0.15, 0.2) is 36.4 Å². The minimum Gasteiger partial charge on any atom is -0.481 e. The Labute approximate surface area is 185 Å². The number of allylic oxidation sites excluding steroid dienone is 2. The number of hydrogen-bond acceptors (Lipinski definition) is 5. The SMILES string of the molecule is COC(=O)c1c(NC(=O)[C@H]2CC=CC[C@H]2C(=O)O)sc(C)c1-c1ccc(C(C)C)cc1. The summed E-state index contributed by atoms with van der Waals surface area (Å²) in [5.41, 5.74) is 3.08. The van der Waals surface area contributed by atoms with Gasteiger partial charge in [-0.25, -0.2) is 4.79 Å². The van der Waals surface area contributed by atoms with Gasteiger partial charge in [0.2, 0.25) is 5.91 Å². The van der Waals surface area contributed by atoms with E-state index in [0.29, 0.717) is 29.3 Å². The van der Waals surface area contributed by atoms with Crippen molar-refractivity contribution in [1.29, 1.82) is 0 Å². The minimum atomic E-state index is -0.994. The predicted octanol–water partition coefficient (Wildman–Crippen LogP) is 5.24. The van der Waals surface area contributed by atoms with Crippen LogP contribution in [0.1, 0.15) is 53.4 Å². The van der Waals surface area contributed by atoms with Crippen LogP contribution in [0.3, 0.4) is 0 Å². The number of esters is 1. The zero-order valence-corrected chi connectivity index (χ0v) is 18.9. The normalized spacial score (nSPS) is 18.1. The zero-order chi connectivity index (χ0) is 22.7. The zero-order valence-electron chi connectivity index (χ0n) is 18.1. The van der Waals surface area contributed by atoms with Crippen LogP contribution in [0.5, 0.6) is 0 Å². The average Bonchev–Trinajstić information content (AvgIpc) is 3.08. The van der Waals surface area contributed by atoms with Crippen LogP contribution < -0.4 is 5.32 Å². The topological polar surface area (TPSA) is 92.7 Å². The van der Waals surface area contributed by atoms with E-state index in [4.69, 9.17) is 4.74 Å². The number of carboxylic acids is 1. The highest BCUT2D eigenvalue weighted by Gasteiger charge is 2.35. The molecule has 0 bridgehead atoms. The summed E-state index contributed by atoms with van der Waals surface area (Å²) in [5, 5.41) is 12.7. The number of anilines is 1. The van der Waals surface area contributed by atoms with Gasteiger partial charge in [-0.2, -0.15) is 0 Å². The summed E-state index contributed by atoms with van der Waals surface area (Å²) in [4.78, 5) is 38.1. The fourth-order valence-corrected chi connectivity index (χ4v) is 4.96. The van der Waals surface area contributed by atoms with Crippen LogP contribution in [0.4, 0.5) is 5.00 Å². The first-order chi connectivity index (χ1) is 14.7. The molecule has 0 aliphatic heterocycles. The molecule has 164 valence electrons. The van der Waals surface area contributed by atoms with Gasteiger partial charge in [0.1, 0.15) is 10.6 Å². The van der Waals surface area contributed by atoms with Crippen molar-refractivity contribution in [1.82, 2.24) is 0 Å². The van der Waals surface area contributed by atoms with E-state index in [2.05, 4.69) is 19.2 Å². The Morgan fingerprint density at radius 3 is 2.26 bits per heavy atom. The monoisotopic (exact) mass is 441 g/mol. The third kappa shape index (κ3) is 4.71. The maximum absolute atomic E-state index is 13.0. The first-order valence-electron chi connectivity index (χ1n) is 10.2. The van der Waals surface area contributed by atoms with Crippen molar-refractivity contribution in [2.45, 2.75) is 39.5 Å². The number of aliphatic carboxylic acids is 1. The maximum Gasteiger partial charge on any atom is 0.341 e.